The van der Waals surface area contributed by atoms with Crippen LogP contribution in [0.3, 0.4) is 0 Å². The van der Waals surface area contributed by atoms with Gasteiger partial charge in [0.2, 0.25) is 0 Å². The van der Waals surface area contributed by atoms with Crippen molar-refractivity contribution < 1.29 is 19.0 Å². The zero-order valence-electron chi connectivity index (χ0n) is 21.5. The van der Waals surface area contributed by atoms with E-state index in [9.17, 15) is 4.79 Å². The van der Waals surface area contributed by atoms with Crippen LogP contribution in [0.15, 0.2) is 87.5 Å². The summed E-state index contributed by atoms with van der Waals surface area (Å²) in [6.45, 7) is 4.99. The minimum Gasteiger partial charge on any atom is -0.464 e. The number of methoxy groups -OCH3 is 2. The fraction of sp³-hybridized carbons (Fsp3) is 0.345. The summed E-state index contributed by atoms with van der Waals surface area (Å²) in [5, 5.41) is 1.42. The van der Waals surface area contributed by atoms with E-state index in [-0.39, 0.29) is 29.3 Å². The Bertz CT molecular complexity index is 1040. The predicted molar refractivity (Wildman–Crippen MR) is 151 cm³/mol. The van der Waals surface area contributed by atoms with Crippen LogP contribution in [0.4, 0.5) is 0 Å². The number of rotatable bonds is 14. The largest absolute Gasteiger partial charge is 0.464 e. The number of esters is 1. The van der Waals surface area contributed by atoms with Gasteiger partial charge in [-0.3, -0.25) is 9.69 Å². The first-order chi connectivity index (χ1) is 17.9. The fourth-order valence-corrected chi connectivity index (χ4v) is 6.03. The molecule has 8 heteroatoms. The van der Waals surface area contributed by atoms with Crippen LogP contribution in [0, 0.1) is 0 Å². The molecule has 3 aromatic rings. The zero-order valence-corrected chi connectivity index (χ0v) is 23.8. The summed E-state index contributed by atoms with van der Waals surface area (Å²) in [7, 11) is 2.99. The summed E-state index contributed by atoms with van der Waals surface area (Å²) in [6, 6.07) is 24.5. The molecule has 0 aliphatic rings. The van der Waals surface area contributed by atoms with E-state index >= 15 is 0 Å². The van der Waals surface area contributed by atoms with Crippen LogP contribution in [0.1, 0.15) is 18.4 Å². The Morgan fingerprint density at radius 1 is 0.784 bits per heavy atom. The lowest BCUT2D eigenvalue weighted by Gasteiger charge is -2.21. The van der Waals surface area contributed by atoms with E-state index in [1.54, 1.807) is 14.2 Å². The zero-order chi connectivity index (χ0) is 26.6. The van der Waals surface area contributed by atoms with Crippen molar-refractivity contribution in [2.45, 2.75) is 27.5 Å². The third kappa shape index (κ3) is 9.32. The van der Waals surface area contributed by atoms with E-state index in [2.05, 4.69) is 55.5 Å². The van der Waals surface area contributed by atoms with E-state index in [0.29, 0.717) is 43.0 Å². The maximum atomic E-state index is 12.5. The molecule has 37 heavy (non-hydrogen) atoms. The first kappa shape index (κ1) is 29.5. The van der Waals surface area contributed by atoms with Crippen molar-refractivity contribution in [1.29, 1.82) is 0 Å². The molecule has 0 aromatic heterocycles. The van der Waals surface area contributed by atoms with Crippen LogP contribution in [0.25, 0.3) is 0 Å². The number of carbonyl (C=O) groups is 1. The molecule has 3 aromatic carbocycles. The summed E-state index contributed by atoms with van der Waals surface area (Å²) in [5.74, 6) is -0.181. The van der Waals surface area contributed by atoms with Crippen LogP contribution in [-0.2, 0) is 29.9 Å². The highest BCUT2D eigenvalue weighted by Gasteiger charge is 2.29. The maximum absolute atomic E-state index is 12.5. The summed E-state index contributed by atoms with van der Waals surface area (Å²) < 4.78 is 15.9. The average Bonchev–Trinajstić information content (AvgIpc) is 2.91. The molecule has 0 aliphatic heterocycles. The van der Waals surface area contributed by atoms with Crippen LogP contribution in [0.5, 0.6) is 0 Å². The number of halogens is 2. The molecule has 0 saturated heterocycles. The highest BCUT2D eigenvalue weighted by molar-refractivity contribution is 7.97. The summed E-state index contributed by atoms with van der Waals surface area (Å²) in [5.41, 5.74) is 1.11. The summed E-state index contributed by atoms with van der Waals surface area (Å²) in [6.07, 6.45) is 0. The van der Waals surface area contributed by atoms with Gasteiger partial charge < -0.3 is 14.2 Å². The molecule has 0 radical (unpaired) electrons. The topological polar surface area (TPSA) is 48.0 Å². The molecule has 0 fully saturated rings. The van der Waals surface area contributed by atoms with Gasteiger partial charge in [0, 0.05) is 43.3 Å². The average molecular weight is 564 g/mol. The van der Waals surface area contributed by atoms with Crippen molar-refractivity contribution in [2.24, 2.45) is 0 Å². The van der Waals surface area contributed by atoms with E-state index in [4.69, 9.17) is 37.4 Å². The fourth-order valence-electron chi connectivity index (χ4n) is 3.74. The van der Waals surface area contributed by atoms with Crippen molar-refractivity contribution in [2.75, 3.05) is 53.7 Å². The Kier molecular flexibility index (Phi) is 12.3. The van der Waals surface area contributed by atoms with E-state index in [1.165, 1.54) is 14.7 Å². The van der Waals surface area contributed by atoms with Crippen LogP contribution in [-0.4, -0.2) is 64.5 Å². The minimum atomic E-state index is -0.305. The predicted octanol–water partition coefficient (Wildman–Crippen LogP) is 6.33. The van der Waals surface area contributed by atoms with Crippen LogP contribution in [0.2, 0.25) is 10.0 Å². The normalized spacial score (nSPS) is 12.2. The maximum Gasteiger partial charge on any atom is 0.320 e. The van der Waals surface area contributed by atoms with Gasteiger partial charge >= 0.3 is 5.97 Å². The van der Waals surface area contributed by atoms with Crippen molar-refractivity contribution in [3.8, 4) is 0 Å². The van der Waals surface area contributed by atoms with Crippen molar-refractivity contribution in [3.63, 3.8) is 0 Å². The van der Waals surface area contributed by atoms with Crippen LogP contribution < -0.4 is 0 Å². The molecule has 198 valence electrons. The second kappa shape index (κ2) is 15.4. The Hall–Kier alpha value is -2.06. The molecule has 0 N–H and O–H groups in total. The highest BCUT2D eigenvalue weighted by Crippen LogP contribution is 2.33. The number of nitrogens with zero attached hydrogens (tertiary/aromatic N) is 1. The van der Waals surface area contributed by atoms with Gasteiger partial charge in [-0.1, -0.05) is 42.3 Å². The molecule has 1 unspecified atom stereocenters. The monoisotopic (exact) mass is 562 g/mol. The standard InChI is InChI=1S/C29H34Cl2NO4S/c1-22(21-36-29(33)20-32(16-18-34-2)17-19-35-3)23-4-10-26(11-5-23)37(27-12-6-24(30)7-13-27)28-14-8-25(31)9-15-28/h4-15,22H,16-21H2,1-3H3/q+1. The molecule has 0 amide bonds. The Morgan fingerprint density at radius 2 is 1.22 bits per heavy atom. The third-order valence-corrected chi connectivity index (χ3v) is 8.59. The lowest BCUT2D eigenvalue weighted by atomic mass is 10.0. The van der Waals surface area contributed by atoms with Crippen molar-refractivity contribution in [1.82, 2.24) is 4.90 Å². The quantitative estimate of drug-likeness (QED) is 0.170. The third-order valence-electron chi connectivity index (χ3n) is 5.85. The summed E-state index contributed by atoms with van der Waals surface area (Å²) in [4.78, 5) is 18.0. The number of benzene rings is 3. The Labute approximate surface area is 233 Å². The smallest absolute Gasteiger partial charge is 0.320 e. The Morgan fingerprint density at radius 3 is 1.65 bits per heavy atom. The van der Waals surface area contributed by atoms with Gasteiger partial charge in [-0.15, -0.1) is 0 Å². The lowest BCUT2D eigenvalue weighted by molar-refractivity contribution is -0.145. The molecule has 0 heterocycles. The Balaban J connectivity index is 1.67. The molecule has 0 saturated carbocycles. The number of hydrogen-bond acceptors (Lipinski definition) is 5. The van der Waals surface area contributed by atoms with Crippen molar-refractivity contribution in [3.05, 3.63) is 88.4 Å². The second-order valence-electron chi connectivity index (χ2n) is 8.63. The first-order valence-corrected chi connectivity index (χ1v) is 14.1. The molecular weight excluding hydrogens is 529 g/mol. The number of ether oxygens (including phenoxy) is 3. The molecule has 0 aliphatic carbocycles. The van der Waals surface area contributed by atoms with Crippen molar-refractivity contribution >= 4 is 40.1 Å². The van der Waals surface area contributed by atoms with E-state index in [0.717, 1.165) is 5.56 Å². The summed E-state index contributed by atoms with van der Waals surface area (Å²) >= 11 is 12.3. The molecule has 5 nitrogen and oxygen atoms in total. The number of carbonyl (C=O) groups excluding carboxylic acids is 1. The van der Waals surface area contributed by atoms with Gasteiger partial charge in [0.1, 0.15) is 0 Å². The molecule has 0 spiro atoms. The van der Waals surface area contributed by atoms with E-state index < -0.39 is 0 Å². The van der Waals surface area contributed by atoms with Gasteiger partial charge in [-0.25, -0.2) is 0 Å². The second-order valence-corrected chi connectivity index (χ2v) is 11.5. The molecular formula is C29H34Cl2NO4S+. The van der Waals surface area contributed by atoms with Gasteiger partial charge in [-0.05, 0) is 66.2 Å². The van der Waals surface area contributed by atoms with E-state index in [1.807, 2.05) is 29.2 Å². The van der Waals surface area contributed by atoms with Gasteiger partial charge in [0.25, 0.3) is 0 Å². The number of hydrogen-bond donors (Lipinski definition) is 0. The highest BCUT2D eigenvalue weighted by atomic mass is 35.5. The van der Waals surface area contributed by atoms with Gasteiger partial charge in [0.05, 0.1) is 37.3 Å². The molecule has 3 rings (SSSR count). The first-order valence-electron chi connectivity index (χ1n) is 12.1. The van der Waals surface area contributed by atoms with Gasteiger partial charge in [-0.2, -0.15) is 0 Å². The van der Waals surface area contributed by atoms with Crippen LogP contribution >= 0.6 is 23.2 Å². The SMILES string of the molecule is COCCN(CCOC)CC(=O)OCC(C)c1ccc([S+](c2ccc(Cl)cc2)c2ccc(Cl)cc2)cc1. The lowest BCUT2D eigenvalue weighted by Crippen LogP contribution is -2.36. The van der Waals surface area contributed by atoms with Gasteiger partial charge in [0.15, 0.2) is 14.7 Å². The molecule has 1 atom stereocenters. The molecule has 0 bridgehead atoms. The minimum absolute atomic E-state index is 0.0669.